The summed E-state index contributed by atoms with van der Waals surface area (Å²) in [4.78, 5) is 26.1. The van der Waals surface area contributed by atoms with Gasteiger partial charge in [-0.25, -0.2) is 4.79 Å². The molecule has 0 unspecified atom stereocenters. The molecule has 0 aliphatic carbocycles. The zero-order valence-corrected chi connectivity index (χ0v) is 16.4. The molecule has 0 fully saturated rings. The minimum atomic E-state index is -0.887. The summed E-state index contributed by atoms with van der Waals surface area (Å²) in [6, 6.07) is 18.1. The lowest BCUT2D eigenvalue weighted by Crippen LogP contribution is -2.33. The van der Waals surface area contributed by atoms with Crippen LogP contribution in [0.15, 0.2) is 79.1 Å². The van der Waals surface area contributed by atoms with Crippen molar-refractivity contribution in [3.63, 3.8) is 0 Å². The molecule has 1 heterocycles. The molecule has 30 heavy (non-hydrogen) atoms. The van der Waals surface area contributed by atoms with Crippen molar-refractivity contribution in [3.05, 3.63) is 95.8 Å². The Morgan fingerprint density at radius 3 is 2.23 bits per heavy atom. The Bertz CT molecular complexity index is 1070. The van der Waals surface area contributed by atoms with Crippen molar-refractivity contribution in [1.29, 1.82) is 0 Å². The van der Waals surface area contributed by atoms with E-state index in [1.807, 2.05) is 47.9 Å². The minimum Gasteiger partial charge on any atom is -0.457 e. The predicted octanol–water partition coefficient (Wildman–Crippen LogP) is 4.64. The lowest BCUT2D eigenvalue weighted by atomic mass is 10.1. The molecule has 0 saturated carbocycles. The number of imide groups is 1. The Balaban J connectivity index is 1.61. The van der Waals surface area contributed by atoms with Gasteiger partial charge in [0.05, 0.1) is 0 Å². The number of aromatic nitrogens is 1. The molecular formula is C24H21N3O3. The van der Waals surface area contributed by atoms with Gasteiger partial charge in [-0.1, -0.05) is 30.3 Å². The highest BCUT2D eigenvalue weighted by molar-refractivity contribution is 6.01. The Labute approximate surface area is 174 Å². The third-order valence-corrected chi connectivity index (χ3v) is 4.17. The largest absolute Gasteiger partial charge is 0.457 e. The van der Waals surface area contributed by atoms with Crippen molar-refractivity contribution in [1.82, 2.24) is 10.3 Å². The van der Waals surface area contributed by atoms with E-state index in [0.29, 0.717) is 5.75 Å². The van der Waals surface area contributed by atoms with Gasteiger partial charge in [-0.2, -0.15) is 0 Å². The second-order valence-electron chi connectivity index (χ2n) is 6.50. The number of nitrogens with two attached hydrogens (primary N) is 1. The first-order chi connectivity index (χ1) is 14.5. The van der Waals surface area contributed by atoms with Crippen molar-refractivity contribution in [2.24, 2.45) is 5.73 Å². The average molecular weight is 399 g/mol. The fourth-order valence-electron chi connectivity index (χ4n) is 2.70. The summed E-state index contributed by atoms with van der Waals surface area (Å²) in [6.45, 7) is 2.05. The van der Waals surface area contributed by atoms with Crippen LogP contribution < -0.4 is 15.8 Å². The van der Waals surface area contributed by atoms with Gasteiger partial charge in [-0.3, -0.25) is 15.1 Å². The molecule has 0 bridgehead atoms. The third kappa shape index (κ3) is 6.17. The molecule has 0 spiro atoms. The first-order valence-corrected chi connectivity index (χ1v) is 9.25. The molecule has 150 valence electrons. The highest BCUT2D eigenvalue weighted by Crippen LogP contribution is 2.25. The molecule has 3 aromatic rings. The average Bonchev–Trinajstić information content (AvgIpc) is 2.74. The Morgan fingerprint density at radius 1 is 0.967 bits per heavy atom. The molecular weight excluding hydrogens is 378 g/mol. The SMILES string of the molecule is C/C(=C/c1cccnc1)c1ccc(Oc2ccc(/C=C/C(=O)NC(N)=O)cc2)cc1. The molecule has 0 saturated heterocycles. The zero-order chi connectivity index (χ0) is 21.3. The number of urea groups is 1. The standard InChI is InChI=1S/C24H21N3O3/c1-17(15-19-3-2-14-26-16-19)20-7-11-22(12-8-20)30-21-9-4-18(5-10-21)6-13-23(28)27-24(25)29/h2-16H,1H3,(H3,25,27,28,29)/b13-6+,17-15-. The van der Waals surface area contributed by atoms with Gasteiger partial charge in [-0.15, -0.1) is 0 Å². The maximum atomic E-state index is 11.4. The maximum absolute atomic E-state index is 11.4. The topological polar surface area (TPSA) is 94.3 Å². The Kier molecular flexibility index (Phi) is 6.74. The molecule has 0 aliphatic rings. The van der Waals surface area contributed by atoms with Crippen LogP contribution in [0, 0.1) is 0 Å². The molecule has 6 nitrogen and oxygen atoms in total. The van der Waals surface area contributed by atoms with E-state index in [1.165, 1.54) is 6.08 Å². The number of benzene rings is 2. The summed E-state index contributed by atoms with van der Waals surface area (Å²) in [5.74, 6) is 0.817. The monoisotopic (exact) mass is 399 g/mol. The fraction of sp³-hybridized carbons (Fsp3) is 0.0417. The van der Waals surface area contributed by atoms with E-state index >= 15 is 0 Å². The lowest BCUT2D eigenvalue weighted by molar-refractivity contribution is -0.115. The van der Waals surface area contributed by atoms with Gasteiger partial charge < -0.3 is 10.5 Å². The molecule has 3 N–H and O–H groups in total. The molecule has 3 rings (SSSR count). The summed E-state index contributed by atoms with van der Waals surface area (Å²) >= 11 is 0. The van der Waals surface area contributed by atoms with Crippen LogP contribution in [0.3, 0.4) is 0 Å². The number of primary amides is 1. The quantitative estimate of drug-likeness (QED) is 0.590. The van der Waals surface area contributed by atoms with Crippen molar-refractivity contribution in [3.8, 4) is 11.5 Å². The van der Waals surface area contributed by atoms with Crippen molar-refractivity contribution >= 4 is 29.7 Å². The number of allylic oxidation sites excluding steroid dienone is 1. The molecule has 2 aromatic carbocycles. The molecule has 6 heteroatoms. The van der Waals surface area contributed by atoms with Gasteiger partial charge in [0.2, 0.25) is 0 Å². The van der Waals surface area contributed by atoms with Crippen LogP contribution in [0.2, 0.25) is 0 Å². The number of rotatable bonds is 6. The summed E-state index contributed by atoms with van der Waals surface area (Å²) < 4.78 is 5.87. The van der Waals surface area contributed by atoms with Crippen LogP contribution in [-0.4, -0.2) is 16.9 Å². The summed E-state index contributed by atoms with van der Waals surface area (Å²) in [7, 11) is 0. The second-order valence-corrected chi connectivity index (χ2v) is 6.50. The summed E-state index contributed by atoms with van der Waals surface area (Å²) in [5, 5.41) is 1.96. The van der Waals surface area contributed by atoms with E-state index in [2.05, 4.69) is 18.0 Å². The minimum absolute atomic E-state index is 0.573. The van der Waals surface area contributed by atoms with Crippen LogP contribution in [0.1, 0.15) is 23.6 Å². The van der Waals surface area contributed by atoms with Gasteiger partial charge in [0.25, 0.3) is 5.91 Å². The number of ether oxygens (including phenoxy) is 1. The van der Waals surface area contributed by atoms with E-state index in [4.69, 9.17) is 10.5 Å². The number of carbonyl (C=O) groups is 2. The number of pyridine rings is 1. The first-order valence-electron chi connectivity index (χ1n) is 9.25. The number of nitrogens with zero attached hydrogens (tertiary/aromatic N) is 1. The van der Waals surface area contributed by atoms with Crippen LogP contribution in [0.4, 0.5) is 4.79 Å². The van der Waals surface area contributed by atoms with E-state index < -0.39 is 11.9 Å². The smallest absolute Gasteiger partial charge is 0.319 e. The highest BCUT2D eigenvalue weighted by Gasteiger charge is 2.01. The first kappa shape index (κ1) is 20.5. The molecule has 3 amide bonds. The summed E-state index contributed by atoms with van der Waals surface area (Å²) in [5.41, 5.74) is 8.96. The summed E-state index contributed by atoms with van der Waals surface area (Å²) in [6.07, 6.45) is 8.47. The maximum Gasteiger partial charge on any atom is 0.319 e. The normalized spacial score (nSPS) is 11.3. The van der Waals surface area contributed by atoms with E-state index in [0.717, 1.165) is 28.0 Å². The number of hydrogen-bond donors (Lipinski definition) is 2. The molecule has 0 aliphatic heterocycles. The van der Waals surface area contributed by atoms with Gasteiger partial charge in [0.15, 0.2) is 0 Å². The lowest BCUT2D eigenvalue weighted by Gasteiger charge is -2.08. The van der Waals surface area contributed by atoms with Crippen molar-refractivity contribution < 1.29 is 14.3 Å². The van der Waals surface area contributed by atoms with E-state index in [-0.39, 0.29) is 0 Å². The van der Waals surface area contributed by atoms with Crippen LogP contribution in [-0.2, 0) is 4.79 Å². The Hall–Kier alpha value is -4.19. The molecule has 1 aromatic heterocycles. The van der Waals surface area contributed by atoms with E-state index in [9.17, 15) is 9.59 Å². The highest BCUT2D eigenvalue weighted by atomic mass is 16.5. The fourth-order valence-corrected chi connectivity index (χ4v) is 2.70. The Morgan fingerprint density at radius 2 is 1.63 bits per heavy atom. The number of carbonyl (C=O) groups excluding carboxylic acids is 2. The van der Waals surface area contributed by atoms with Gasteiger partial charge in [-0.05, 0) is 71.7 Å². The van der Waals surface area contributed by atoms with Crippen molar-refractivity contribution in [2.75, 3.05) is 0 Å². The van der Waals surface area contributed by atoms with Crippen LogP contribution >= 0.6 is 0 Å². The van der Waals surface area contributed by atoms with E-state index in [1.54, 1.807) is 36.5 Å². The predicted molar refractivity (Wildman–Crippen MR) is 118 cm³/mol. The molecule has 0 radical (unpaired) electrons. The zero-order valence-electron chi connectivity index (χ0n) is 16.4. The number of amides is 3. The second kappa shape index (κ2) is 9.84. The van der Waals surface area contributed by atoms with Gasteiger partial charge in [0, 0.05) is 18.5 Å². The van der Waals surface area contributed by atoms with Crippen LogP contribution in [0.25, 0.3) is 17.7 Å². The number of hydrogen-bond acceptors (Lipinski definition) is 4. The van der Waals surface area contributed by atoms with Crippen molar-refractivity contribution in [2.45, 2.75) is 6.92 Å². The van der Waals surface area contributed by atoms with Gasteiger partial charge >= 0.3 is 6.03 Å². The van der Waals surface area contributed by atoms with Gasteiger partial charge in [0.1, 0.15) is 11.5 Å². The molecule has 0 atom stereocenters. The third-order valence-electron chi connectivity index (χ3n) is 4.17. The number of nitrogens with one attached hydrogen (secondary N) is 1. The van der Waals surface area contributed by atoms with Crippen LogP contribution in [0.5, 0.6) is 11.5 Å².